The van der Waals surface area contributed by atoms with Gasteiger partial charge in [-0.2, -0.15) is 5.10 Å². The quantitative estimate of drug-likeness (QED) is 0.851. The highest BCUT2D eigenvalue weighted by atomic mass is 16.5. The lowest BCUT2D eigenvalue weighted by Crippen LogP contribution is -2.22. The standard InChI is InChI=1S/C15H12N2O3/c1-2-20-15(19)17-16-13-10-7-3-5-9-6-4-8-11(12(9)10)14(13)18/h3-8H,2H2,1H3,(H,17,19)/b16-13+. The van der Waals surface area contributed by atoms with Crippen molar-refractivity contribution in [1.82, 2.24) is 5.43 Å². The highest BCUT2D eigenvalue weighted by molar-refractivity contribution is 6.59. The third kappa shape index (κ3) is 1.84. The van der Waals surface area contributed by atoms with Gasteiger partial charge in [-0.1, -0.05) is 36.4 Å². The van der Waals surface area contributed by atoms with Crippen LogP contribution < -0.4 is 5.43 Å². The number of carbonyl (C=O) groups is 2. The van der Waals surface area contributed by atoms with Gasteiger partial charge in [-0.05, 0) is 12.3 Å². The number of hydrogen-bond acceptors (Lipinski definition) is 4. The molecule has 0 radical (unpaired) electrons. The van der Waals surface area contributed by atoms with Crippen molar-refractivity contribution in [2.45, 2.75) is 6.92 Å². The van der Waals surface area contributed by atoms with Crippen LogP contribution in [0.1, 0.15) is 22.8 Å². The molecular formula is C15H12N2O3. The smallest absolute Gasteiger partial charge is 0.427 e. The molecule has 100 valence electrons. The Morgan fingerprint density at radius 2 is 1.90 bits per heavy atom. The molecule has 0 spiro atoms. The summed E-state index contributed by atoms with van der Waals surface area (Å²) in [7, 11) is 0. The number of nitrogens with zero attached hydrogens (tertiary/aromatic N) is 1. The van der Waals surface area contributed by atoms with E-state index < -0.39 is 6.09 Å². The van der Waals surface area contributed by atoms with Crippen molar-refractivity contribution in [3.8, 4) is 0 Å². The van der Waals surface area contributed by atoms with E-state index >= 15 is 0 Å². The maximum Gasteiger partial charge on any atom is 0.427 e. The van der Waals surface area contributed by atoms with Gasteiger partial charge in [0.05, 0.1) is 6.61 Å². The van der Waals surface area contributed by atoms with Gasteiger partial charge in [-0.3, -0.25) is 4.79 Å². The first-order chi connectivity index (χ1) is 9.72. The molecule has 2 aromatic rings. The van der Waals surface area contributed by atoms with Gasteiger partial charge in [-0.15, -0.1) is 0 Å². The number of Topliss-reactive ketones (excluding diaryl/α,β-unsaturated/α-hetero) is 1. The summed E-state index contributed by atoms with van der Waals surface area (Å²) in [5.74, 6) is -0.186. The summed E-state index contributed by atoms with van der Waals surface area (Å²) in [6.45, 7) is 1.95. The van der Waals surface area contributed by atoms with Gasteiger partial charge < -0.3 is 4.74 Å². The van der Waals surface area contributed by atoms with Crippen molar-refractivity contribution >= 4 is 28.4 Å². The number of ether oxygens (including phenoxy) is 1. The van der Waals surface area contributed by atoms with Gasteiger partial charge in [0.2, 0.25) is 5.78 Å². The molecule has 0 heterocycles. The Morgan fingerprint density at radius 3 is 2.60 bits per heavy atom. The fraction of sp³-hybridized carbons (Fsp3) is 0.133. The Labute approximate surface area is 115 Å². The lowest BCUT2D eigenvalue weighted by Gasteiger charge is -2.01. The number of benzene rings is 2. The summed E-state index contributed by atoms with van der Waals surface area (Å²) in [5, 5.41) is 5.77. The van der Waals surface area contributed by atoms with Gasteiger partial charge in [0.1, 0.15) is 5.71 Å². The number of rotatable bonds is 2. The van der Waals surface area contributed by atoms with Crippen LogP contribution in [0.4, 0.5) is 4.79 Å². The number of ketones is 1. The second-order valence-corrected chi connectivity index (χ2v) is 4.33. The van der Waals surface area contributed by atoms with E-state index in [0.717, 1.165) is 16.3 Å². The van der Waals surface area contributed by atoms with E-state index in [4.69, 9.17) is 4.74 Å². The molecule has 1 N–H and O–H groups in total. The highest BCUT2D eigenvalue weighted by Crippen LogP contribution is 2.30. The van der Waals surface area contributed by atoms with Crippen LogP contribution in [0.5, 0.6) is 0 Å². The molecular weight excluding hydrogens is 256 g/mol. The Kier molecular flexibility index (Phi) is 2.95. The van der Waals surface area contributed by atoms with E-state index in [0.29, 0.717) is 5.56 Å². The largest absolute Gasteiger partial charge is 0.449 e. The van der Waals surface area contributed by atoms with Crippen molar-refractivity contribution in [1.29, 1.82) is 0 Å². The van der Waals surface area contributed by atoms with Crippen molar-refractivity contribution in [3.05, 3.63) is 47.5 Å². The molecule has 0 aromatic heterocycles. The van der Waals surface area contributed by atoms with Crippen LogP contribution in [0.3, 0.4) is 0 Å². The summed E-state index contributed by atoms with van der Waals surface area (Å²) in [6, 6.07) is 11.2. The Bertz CT molecular complexity index is 745. The molecule has 0 bridgehead atoms. The van der Waals surface area contributed by atoms with Crippen molar-refractivity contribution in [2.24, 2.45) is 5.10 Å². The van der Waals surface area contributed by atoms with Crippen LogP contribution in [0.25, 0.3) is 10.8 Å². The summed E-state index contributed by atoms with van der Waals surface area (Å²) in [6.07, 6.45) is -0.670. The van der Waals surface area contributed by atoms with E-state index in [9.17, 15) is 9.59 Å². The summed E-state index contributed by atoms with van der Waals surface area (Å²) in [5.41, 5.74) is 3.83. The summed E-state index contributed by atoms with van der Waals surface area (Å²) < 4.78 is 4.72. The maximum atomic E-state index is 12.3. The molecule has 1 amide bonds. The van der Waals surface area contributed by atoms with E-state index in [-0.39, 0.29) is 18.1 Å². The first-order valence-corrected chi connectivity index (χ1v) is 6.29. The zero-order chi connectivity index (χ0) is 14.1. The lowest BCUT2D eigenvalue weighted by atomic mass is 10.1. The monoisotopic (exact) mass is 268 g/mol. The summed E-state index contributed by atoms with van der Waals surface area (Å²) in [4.78, 5) is 23.6. The molecule has 1 aliphatic carbocycles. The minimum Gasteiger partial charge on any atom is -0.449 e. The van der Waals surface area contributed by atoms with Gasteiger partial charge in [-0.25, -0.2) is 10.2 Å². The third-order valence-corrected chi connectivity index (χ3v) is 3.15. The highest BCUT2D eigenvalue weighted by Gasteiger charge is 2.28. The molecule has 0 unspecified atom stereocenters. The van der Waals surface area contributed by atoms with Crippen LogP contribution in [0, 0.1) is 0 Å². The number of amides is 1. The Balaban J connectivity index is 2.05. The molecule has 5 heteroatoms. The minimum atomic E-state index is -0.670. The van der Waals surface area contributed by atoms with Gasteiger partial charge in [0.15, 0.2) is 0 Å². The molecule has 0 atom stereocenters. The van der Waals surface area contributed by atoms with E-state index in [2.05, 4.69) is 10.5 Å². The van der Waals surface area contributed by atoms with Crippen LogP contribution in [-0.4, -0.2) is 24.2 Å². The lowest BCUT2D eigenvalue weighted by molar-refractivity contribution is 0.106. The third-order valence-electron chi connectivity index (χ3n) is 3.15. The normalized spacial score (nSPS) is 14.8. The van der Waals surface area contributed by atoms with Crippen LogP contribution >= 0.6 is 0 Å². The van der Waals surface area contributed by atoms with Crippen LogP contribution in [-0.2, 0) is 4.74 Å². The Morgan fingerprint density at radius 1 is 1.20 bits per heavy atom. The first kappa shape index (κ1) is 12.3. The average Bonchev–Trinajstić information content (AvgIpc) is 2.73. The molecule has 1 aliphatic rings. The van der Waals surface area contributed by atoms with Gasteiger partial charge in [0.25, 0.3) is 0 Å². The first-order valence-electron chi connectivity index (χ1n) is 6.29. The van der Waals surface area contributed by atoms with Crippen LogP contribution in [0.2, 0.25) is 0 Å². The topological polar surface area (TPSA) is 67.8 Å². The molecule has 0 fully saturated rings. The minimum absolute atomic E-state index is 0.186. The zero-order valence-electron chi connectivity index (χ0n) is 10.8. The second-order valence-electron chi connectivity index (χ2n) is 4.33. The van der Waals surface area contributed by atoms with Crippen molar-refractivity contribution in [3.63, 3.8) is 0 Å². The molecule has 5 nitrogen and oxygen atoms in total. The second kappa shape index (κ2) is 4.77. The van der Waals surface area contributed by atoms with Gasteiger partial charge >= 0.3 is 6.09 Å². The molecule has 0 saturated carbocycles. The molecule has 0 aliphatic heterocycles. The fourth-order valence-electron chi connectivity index (χ4n) is 2.35. The number of hydrazone groups is 1. The number of hydrogen-bond donors (Lipinski definition) is 1. The predicted octanol–water partition coefficient (Wildman–Crippen LogP) is 2.49. The molecule has 20 heavy (non-hydrogen) atoms. The number of carbonyl (C=O) groups excluding carboxylic acids is 2. The van der Waals surface area contributed by atoms with Crippen molar-refractivity contribution < 1.29 is 14.3 Å². The van der Waals surface area contributed by atoms with E-state index in [1.165, 1.54) is 0 Å². The average molecular weight is 268 g/mol. The predicted molar refractivity (Wildman–Crippen MR) is 75.0 cm³/mol. The Hall–Kier alpha value is -2.69. The number of nitrogens with one attached hydrogen (secondary N) is 1. The zero-order valence-corrected chi connectivity index (χ0v) is 10.8. The fourth-order valence-corrected chi connectivity index (χ4v) is 2.35. The SMILES string of the molecule is CCOC(=O)N/N=C1/C(=O)c2cccc3cccc1c23. The molecule has 3 rings (SSSR count). The summed E-state index contributed by atoms with van der Waals surface area (Å²) >= 11 is 0. The van der Waals surface area contributed by atoms with E-state index in [1.54, 1.807) is 13.0 Å². The van der Waals surface area contributed by atoms with E-state index in [1.807, 2.05) is 30.3 Å². The van der Waals surface area contributed by atoms with Crippen molar-refractivity contribution in [2.75, 3.05) is 6.61 Å². The molecule has 2 aromatic carbocycles. The van der Waals surface area contributed by atoms with Crippen LogP contribution in [0.15, 0.2) is 41.5 Å². The molecule has 0 saturated heterocycles. The maximum absolute atomic E-state index is 12.3. The van der Waals surface area contributed by atoms with Gasteiger partial charge in [0, 0.05) is 16.5 Å².